The van der Waals surface area contributed by atoms with E-state index in [0.29, 0.717) is 11.2 Å². The number of hydrogen-bond acceptors (Lipinski definition) is 2. The van der Waals surface area contributed by atoms with Crippen molar-refractivity contribution in [2.45, 2.75) is 26.4 Å². The van der Waals surface area contributed by atoms with Crippen LogP contribution in [0, 0.1) is 6.92 Å². The van der Waals surface area contributed by atoms with Crippen LogP contribution in [0.2, 0.25) is 5.15 Å². The van der Waals surface area contributed by atoms with E-state index in [-0.39, 0.29) is 0 Å². The second kappa shape index (κ2) is 3.47. The van der Waals surface area contributed by atoms with Crippen molar-refractivity contribution in [3.05, 3.63) is 28.5 Å². The van der Waals surface area contributed by atoms with Crippen LogP contribution in [0.1, 0.15) is 24.2 Å². The molecule has 0 saturated heterocycles. The maximum absolute atomic E-state index is 5.98. The van der Waals surface area contributed by atoms with Gasteiger partial charge in [-0.1, -0.05) is 11.6 Å². The molecule has 0 bridgehead atoms. The predicted molar refractivity (Wildman–Crippen MR) is 65.9 cm³/mol. The smallest absolute Gasteiger partial charge is 0.142 e. The summed E-state index contributed by atoms with van der Waals surface area (Å²) in [5, 5.41) is 5.21. The summed E-state index contributed by atoms with van der Waals surface area (Å²) in [5.41, 5.74) is 3.68. The number of fused-ring (bicyclic) bond motifs is 3. The van der Waals surface area contributed by atoms with Crippen molar-refractivity contribution in [2.24, 2.45) is 0 Å². The minimum atomic E-state index is 0.436. The van der Waals surface area contributed by atoms with Crippen molar-refractivity contribution in [2.75, 3.05) is 6.54 Å². The SMILES string of the molecule is Cc1c2n(c3nc(Cl)ccc13)C(C)CNC2. The van der Waals surface area contributed by atoms with Gasteiger partial charge in [-0.3, -0.25) is 0 Å². The molecule has 1 N–H and O–H groups in total. The van der Waals surface area contributed by atoms with Crippen LogP contribution in [-0.2, 0) is 6.54 Å². The van der Waals surface area contributed by atoms with Crippen LogP contribution >= 0.6 is 11.6 Å². The maximum atomic E-state index is 5.98. The Bertz CT molecular complexity index is 559. The topological polar surface area (TPSA) is 29.9 Å². The second-order valence-corrected chi connectivity index (χ2v) is 4.81. The average molecular weight is 236 g/mol. The number of hydrogen-bond donors (Lipinski definition) is 1. The number of halogens is 1. The van der Waals surface area contributed by atoms with Crippen molar-refractivity contribution >= 4 is 22.6 Å². The summed E-state index contributed by atoms with van der Waals surface area (Å²) in [7, 11) is 0. The van der Waals surface area contributed by atoms with Crippen LogP contribution in [0.5, 0.6) is 0 Å². The summed E-state index contributed by atoms with van der Waals surface area (Å²) in [6, 6.07) is 4.37. The Hall–Kier alpha value is -1.06. The third-order valence-corrected chi connectivity index (χ3v) is 3.58. The highest BCUT2D eigenvalue weighted by molar-refractivity contribution is 6.29. The molecule has 3 heterocycles. The van der Waals surface area contributed by atoms with Gasteiger partial charge in [0.25, 0.3) is 0 Å². The Balaban J connectivity index is 2.40. The van der Waals surface area contributed by atoms with Crippen molar-refractivity contribution < 1.29 is 0 Å². The third-order valence-electron chi connectivity index (χ3n) is 3.37. The standard InChI is InChI=1S/C12H14ClN3/c1-7-5-14-6-10-8(2)9-3-4-11(13)15-12(9)16(7)10/h3-4,7,14H,5-6H2,1-2H3. The number of pyridine rings is 1. The molecule has 0 saturated carbocycles. The van der Waals surface area contributed by atoms with Gasteiger partial charge >= 0.3 is 0 Å². The van der Waals surface area contributed by atoms with E-state index in [9.17, 15) is 0 Å². The molecule has 0 amide bonds. The van der Waals surface area contributed by atoms with E-state index >= 15 is 0 Å². The van der Waals surface area contributed by atoms with Crippen molar-refractivity contribution in [3.63, 3.8) is 0 Å². The van der Waals surface area contributed by atoms with Crippen LogP contribution in [0.15, 0.2) is 12.1 Å². The lowest BCUT2D eigenvalue weighted by Gasteiger charge is -2.24. The summed E-state index contributed by atoms with van der Waals surface area (Å²) < 4.78 is 2.31. The number of nitrogens with one attached hydrogen (secondary N) is 1. The number of rotatable bonds is 0. The van der Waals surface area contributed by atoms with Gasteiger partial charge in [0.2, 0.25) is 0 Å². The van der Waals surface area contributed by atoms with Crippen molar-refractivity contribution in [1.29, 1.82) is 0 Å². The summed E-state index contributed by atoms with van der Waals surface area (Å²) in [6.07, 6.45) is 0. The molecule has 0 fully saturated rings. The molecule has 2 aromatic rings. The van der Waals surface area contributed by atoms with E-state index < -0.39 is 0 Å². The zero-order valence-corrected chi connectivity index (χ0v) is 10.2. The fraction of sp³-hybridized carbons (Fsp3) is 0.417. The molecule has 2 aromatic heterocycles. The summed E-state index contributed by atoms with van der Waals surface area (Å²) in [4.78, 5) is 4.46. The Morgan fingerprint density at radius 2 is 2.31 bits per heavy atom. The summed E-state index contributed by atoms with van der Waals surface area (Å²) in [5.74, 6) is 0. The first-order valence-corrected chi connectivity index (χ1v) is 5.93. The molecule has 0 spiro atoms. The van der Waals surface area contributed by atoms with Gasteiger partial charge in [-0.05, 0) is 31.5 Å². The molecule has 0 radical (unpaired) electrons. The minimum Gasteiger partial charge on any atom is -0.324 e. The molecule has 84 valence electrons. The van der Waals surface area contributed by atoms with Crippen LogP contribution in [0.25, 0.3) is 11.0 Å². The van der Waals surface area contributed by atoms with Gasteiger partial charge < -0.3 is 9.88 Å². The van der Waals surface area contributed by atoms with E-state index in [1.807, 2.05) is 6.07 Å². The summed E-state index contributed by atoms with van der Waals surface area (Å²) >= 11 is 5.98. The molecule has 1 aliphatic rings. The zero-order chi connectivity index (χ0) is 11.3. The highest BCUT2D eigenvalue weighted by Gasteiger charge is 2.22. The Morgan fingerprint density at radius 1 is 1.50 bits per heavy atom. The van der Waals surface area contributed by atoms with Crippen molar-refractivity contribution in [1.82, 2.24) is 14.9 Å². The fourth-order valence-electron chi connectivity index (χ4n) is 2.55. The van der Waals surface area contributed by atoms with E-state index in [2.05, 4.69) is 34.8 Å². The van der Waals surface area contributed by atoms with Gasteiger partial charge in [-0.25, -0.2) is 4.98 Å². The Labute approximate surface area is 99.4 Å². The Kier molecular flexibility index (Phi) is 2.19. The van der Waals surface area contributed by atoms with Gasteiger partial charge in [-0.15, -0.1) is 0 Å². The van der Waals surface area contributed by atoms with Crippen LogP contribution < -0.4 is 5.32 Å². The first-order chi connectivity index (χ1) is 7.68. The molecular formula is C12H14ClN3. The largest absolute Gasteiger partial charge is 0.324 e. The summed E-state index contributed by atoms with van der Waals surface area (Å²) in [6.45, 7) is 6.27. The van der Waals surface area contributed by atoms with Crippen LogP contribution in [0.3, 0.4) is 0 Å². The van der Waals surface area contributed by atoms with E-state index in [1.54, 1.807) is 0 Å². The van der Waals surface area contributed by atoms with Gasteiger partial charge in [0.05, 0.1) is 0 Å². The van der Waals surface area contributed by atoms with Crippen molar-refractivity contribution in [3.8, 4) is 0 Å². The molecule has 1 unspecified atom stereocenters. The first kappa shape index (κ1) is 10.1. The molecule has 3 nitrogen and oxygen atoms in total. The van der Waals surface area contributed by atoms with Crippen LogP contribution in [-0.4, -0.2) is 16.1 Å². The number of aryl methyl sites for hydroxylation is 1. The molecule has 0 aliphatic carbocycles. The predicted octanol–water partition coefficient (Wildman–Crippen LogP) is 2.66. The lowest BCUT2D eigenvalue weighted by Crippen LogP contribution is -2.31. The van der Waals surface area contributed by atoms with Gasteiger partial charge in [-0.2, -0.15) is 0 Å². The minimum absolute atomic E-state index is 0.436. The molecule has 1 atom stereocenters. The van der Waals surface area contributed by atoms with E-state index in [0.717, 1.165) is 18.7 Å². The molecule has 16 heavy (non-hydrogen) atoms. The molecule has 0 aromatic carbocycles. The lowest BCUT2D eigenvalue weighted by molar-refractivity contribution is 0.436. The van der Waals surface area contributed by atoms with Gasteiger partial charge in [0.1, 0.15) is 10.8 Å². The Morgan fingerprint density at radius 3 is 3.12 bits per heavy atom. The zero-order valence-electron chi connectivity index (χ0n) is 9.42. The number of nitrogens with zero attached hydrogens (tertiary/aromatic N) is 2. The van der Waals surface area contributed by atoms with E-state index in [4.69, 9.17) is 11.6 Å². The molecule has 3 rings (SSSR count). The van der Waals surface area contributed by atoms with Gasteiger partial charge in [0, 0.05) is 30.2 Å². The molecule has 4 heteroatoms. The molecule has 1 aliphatic heterocycles. The van der Waals surface area contributed by atoms with Crippen LogP contribution in [0.4, 0.5) is 0 Å². The lowest BCUT2D eigenvalue weighted by atomic mass is 10.1. The highest BCUT2D eigenvalue weighted by atomic mass is 35.5. The average Bonchev–Trinajstić information content (AvgIpc) is 2.54. The maximum Gasteiger partial charge on any atom is 0.142 e. The van der Waals surface area contributed by atoms with E-state index in [1.165, 1.54) is 16.6 Å². The second-order valence-electron chi connectivity index (χ2n) is 4.43. The monoisotopic (exact) mass is 235 g/mol. The fourth-order valence-corrected chi connectivity index (χ4v) is 2.69. The quantitative estimate of drug-likeness (QED) is 0.712. The third kappa shape index (κ3) is 1.28. The highest BCUT2D eigenvalue weighted by Crippen LogP contribution is 2.30. The number of aromatic nitrogens is 2. The normalized spacial score (nSPS) is 20.1. The first-order valence-electron chi connectivity index (χ1n) is 5.55. The molecular weight excluding hydrogens is 222 g/mol. The van der Waals surface area contributed by atoms with Gasteiger partial charge in [0.15, 0.2) is 0 Å².